The van der Waals surface area contributed by atoms with E-state index in [1.54, 1.807) is 13.2 Å². The van der Waals surface area contributed by atoms with Gasteiger partial charge in [0.15, 0.2) is 6.29 Å². The third kappa shape index (κ3) is 5.25. The molecule has 0 aromatic heterocycles. The summed E-state index contributed by atoms with van der Waals surface area (Å²) in [7, 11) is 1.64. The summed E-state index contributed by atoms with van der Waals surface area (Å²) in [5, 5.41) is 0. The fourth-order valence-corrected chi connectivity index (χ4v) is 3.53. The van der Waals surface area contributed by atoms with Crippen LogP contribution in [0.3, 0.4) is 0 Å². The molecular weight excluding hydrogens is 310 g/mol. The third-order valence-corrected chi connectivity index (χ3v) is 5.15. The minimum Gasteiger partial charge on any atom is -0.371 e. The zero-order valence-electron chi connectivity index (χ0n) is 15.2. The molecule has 0 bridgehead atoms. The van der Waals surface area contributed by atoms with Crippen molar-refractivity contribution in [3.8, 4) is 0 Å². The second kappa shape index (κ2) is 9.50. The molecule has 0 spiro atoms. The Morgan fingerprint density at radius 2 is 1.96 bits per heavy atom. The van der Waals surface area contributed by atoms with E-state index in [1.165, 1.54) is 5.56 Å². The van der Waals surface area contributed by atoms with E-state index < -0.39 is 5.60 Å². The van der Waals surface area contributed by atoms with Crippen molar-refractivity contribution in [1.82, 2.24) is 4.90 Å². The van der Waals surface area contributed by atoms with Crippen LogP contribution in [0.25, 0.3) is 0 Å². The first kappa shape index (κ1) is 19.4. The van der Waals surface area contributed by atoms with E-state index in [0.29, 0.717) is 6.04 Å². The maximum atomic E-state index is 11.4. The van der Waals surface area contributed by atoms with Crippen LogP contribution in [-0.4, -0.2) is 36.5 Å². The molecule has 1 saturated carbocycles. The molecular formula is C22H29NO2. The molecule has 0 amide bonds. The van der Waals surface area contributed by atoms with Crippen LogP contribution in [0.15, 0.2) is 67.3 Å². The van der Waals surface area contributed by atoms with Gasteiger partial charge in [-0.3, -0.25) is 4.90 Å². The average Bonchev–Trinajstić information content (AvgIpc) is 2.68. The first-order valence-corrected chi connectivity index (χ1v) is 8.90. The molecule has 1 aromatic rings. The summed E-state index contributed by atoms with van der Waals surface area (Å²) < 4.78 is 5.49. The largest absolute Gasteiger partial charge is 0.371 e. The van der Waals surface area contributed by atoms with Gasteiger partial charge in [0, 0.05) is 26.2 Å². The van der Waals surface area contributed by atoms with E-state index in [0.717, 1.165) is 50.6 Å². The van der Waals surface area contributed by atoms with Crippen molar-refractivity contribution in [2.24, 2.45) is 0 Å². The lowest BCUT2D eigenvalue weighted by Gasteiger charge is -2.40. The van der Waals surface area contributed by atoms with Crippen molar-refractivity contribution in [3.05, 3.63) is 72.9 Å². The topological polar surface area (TPSA) is 29.5 Å². The Bertz CT molecular complexity index is 598. The van der Waals surface area contributed by atoms with Crippen LogP contribution in [0.4, 0.5) is 0 Å². The normalized spacial score (nSPS) is 24.1. The van der Waals surface area contributed by atoms with Crippen molar-refractivity contribution in [2.75, 3.05) is 13.7 Å². The molecule has 0 unspecified atom stereocenters. The van der Waals surface area contributed by atoms with E-state index in [1.807, 2.05) is 18.2 Å². The second-order valence-corrected chi connectivity index (χ2v) is 6.69. The Balaban J connectivity index is 2.14. The number of allylic oxidation sites excluding steroid dienone is 2. The number of aldehydes is 1. The van der Waals surface area contributed by atoms with E-state index in [4.69, 9.17) is 4.74 Å². The molecule has 0 N–H and O–H groups in total. The molecule has 3 heteroatoms. The average molecular weight is 339 g/mol. The number of hydrogen-bond donors (Lipinski definition) is 0. The number of carbonyl (C=O) groups excluding carboxylic acids is 1. The zero-order chi connectivity index (χ0) is 18.1. The summed E-state index contributed by atoms with van der Waals surface area (Å²) in [6.07, 6.45) is 10.2. The number of nitrogens with zero attached hydrogens (tertiary/aromatic N) is 1. The van der Waals surface area contributed by atoms with Gasteiger partial charge < -0.3 is 9.53 Å². The van der Waals surface area contributed by atoms with Gasteiger partial charge in [-0.2, -0.15) is 0 Å². The van der Waals surface area contributed by atoms with Crippen molar-refractivity contribution in [3.63, 3.8) is 0 Å². The summed E-state index contributed by atoms with van der Waals surface area (Å²) in [4.78, 5) is 13.9. The highest BCUT2D eigenvalue weighted by molar-refractivity contribution is 5.62. The molecule has 0 saturated heterocycles. The SMILES string of the molecule is C=C/C=C(\C=C)CN(Cc1ccccc1)C1CCC(C=O)(OC)CC1. The molecule has 2 rings (SSSR count). The van der Waals surface area contributed by atoms with Crippen molar-refractivity contribution in [2.45, 2.75) is 43.9 Å². The molecule has 0 aliphatic heterocycles. The van der Waals surface area contributed by atoms with Crippen LogP contribution in [0.5, 0.6) is 0 Å². The number of methoxy groups -OCH3 is 1. The summed E-state index contributed by atoms with van der Waals surface area (Å²) in [6.45, 7) is 9.43. The van der Waals surface area contributed by atoms with Gasteiger partial charge in [0.05, 0.1) is 0 Å². The fourth-order valence-electron chi connectivity index (χ4n) is 3.53. The Morgan fingerprint density at radius 1 is 1.28 bits per heavy atom. The number of hydrogen-bond acceptors (Lipinski definition) is 3. The Kier molecular flexibility index (Phi) is 7.35. The predicted octanol–water partition coefficient (Wildman–Crippen LogP) is 4.31. The summed E-state index contributed by atoms with van der Waals surface area (Å²) in [6, 6.07) is 10.9. The predicted molar refractivity (Wildman–Crippen MR) is 103 cm³/mol. The van der Waals surface area contributed by atoms with Crippen LogP contribution in [0.2, 0.25) is 0 Å². The van der Waals surface area contributed by atoms with E-state index in [2.05, 4.69) is 42.3 Å². The van der Waals surface area contributed by atoms with E-state index in [9.17, 15) is 4.79 Å². The number of benzene rings is 1. The van der Waals surface area contributed by atoms with Gasteiger partial charge in [-0.1, -0.05) is 61.7 Å². The van der Waals surface area contributed by atoms with Crippen LogP contribution in [-0.2, 0) is 16.1 Å². The maximum absolute atomic E-state index is 11.4. The highest BCUT2D eigenvalue weighted by Crippen LogP contribution is 2.33. The summed E-state index contributed by atoms with van der Waals surface area (Å²) in [5.74, 6) is 0. The van der Waals surface area contributed by atoms with E-state index >= 15 is 0 Å². The van der Waals surface area contributed by atoms with Crippen LogP contribution in [0.1, 0.15) is 31.2 Å². The molecule has 1 fully saturated rings. The Morgan fingerprint density at radius 3 is 2.48 bits per heavy atom. The van der Waals surface area contributed by atoms with Gasteiger partial charge in [0.1, 0.15) is 5.60 Å². The third-order valence-electron chi connectivity index (χ3n) is 5.15. The lowest BCUT2D eigenvalue weighted by atomic mass is 9.82. The molecule has 134 valence electrons. The van der Waals surface area contributed by atoms with Gasteiger partial charge >= 0.3 is 0 Å². The Labute approximate surface area is 151 Å². The monoisotopic (exact) mass is 339 g/mol. The van der Waals surface area contributed by atoms with Crippen molar-refractivity contribution in [1.29, 1.82) is 0 Å². The lowest BCUT2D eigenvalue weighted by Crippen LogP contribution is -2.45. The molecule has 0 radical (unpaired) electrons. The summed E-state index contributed by atoms with van der Waals surface area (Å²) in [5.41, 5.74) is 1.86. The molecule has 3 nitrogen and oxygen atoms in total. The van der Waals surface area contributed by atoms with Gasteiger partial charge in [-0.05, 0) is 36.8 Å². The minimum atomic E-state index is -0.590. The number of carbonyl (C=O) groups is 1. The zero-order valence-corrected chi connectivity index (χ0v) is 15.2. The maximum Gasteiger partial charge on any atom is 0.151 e. The highest BCUT2D eigenvalue weighted by atomic mass is 16.5. The molecule has 25 heavy (non-hydrogen) atoms. The van der Waals surface area contributed by atoms with Crippen LogP contribution < -0.4 is 0 Å². The van der Waals surface area contributed by atoms with Crippen molar-refractivity contribution >= 4 is 6.29 Å². The van der Waals surface area contributed by atoms with Crippen LogP contribution >= 0.6 is 0 Å². The number of rotatable bonds is 9. The first-order valence-electron chi connectivity index (χ1n) is 8.90. The quantitative estimate of drug-likeness (QED) is 0.496. The molecule has 1 aromatic carbocycles. The smallest absolute Gasteiger partial charge is 0.151 e. The number of ether oxygens (including phenoxy) is 1. The highest BCUT2D eigenvalue weighted by Gasteiger charge is 2.37. The molecule has 1 aliphatic rings. The van der Waals surface area contributed by atoms with Gasteiger partial charge in [0.2, 0.25) is 0 Å². The van der Waals surface area contributed by atoms with Gasteiger partial charge in [0.25, 0.3) is 0 Å². The molecule has 0 heterocycles. The Hall–Kier alpha value is -1.97. The lowest BCUT2D eigenvalue weighted by molar-refractivity contribution is -0.133. The van der Waals surface area contributed by atoms with Crippen LogP contribution in [0, 0.1) is 0 Å². The fraction of sp³-hybridized carbons (Fsp3) is 0.409. The minimum absolute atomic E-state index is 0.427. The van der Waals surface area contributed by atoms with E-state index in [-0.39, 0.29) is 0 Å². The van der Waals surface area contributed by atoms with Crippen molar-refractivity contribution < 1.29 is 9.53 Å². The standard InChI is InChI=1S/C22H29NO2/c1-4-9-19(5-2)16-23(17-20-10-7-6-8-11-20)21-12-14-22(18-24,25-3)15-13-21/h4-11,18,21H,1-2,12-17H2,3H3/b19-9+. The molecule has 1 aliphatic carbocycles. The first-order chi connectivity index (χ1) is 12.2. The van der Waals surface area contributed by atoms with Gasteiger partial charge in [-0.25, -0.2) is 0 Å². The molecule has 0 atom stereocenters. The second-order valence-electron chi connectivity index (χ2n) is 6.69. The van der Waals surface area contributed by atoms with Gasteiger partial charge in [-0.15, -0.1) is 0 Å². The summed E-state index contributed by atoms with van der Waals surface area (Å²) >= 11 is 0.